The van der Waals surface area contributed by atoms with E-state index in [0.717, 1.165) is 24.3 Å². The van der Waals surface area contributed by atoms with E-state index in [-0.39, 0.29) is 11.6 Å². The Morgan fingerprint density at radius 2 is 2.37 bits per heavy atom. The maximum Gasteiger partial charge on any atom is 0.278 e. The Kier molecular flexibility index (Phi) is 3.00. The molecule has 1 aromatic carbocycles. The zero-order valence-electron chi connectivity index (χ0n) is 10.1. The summed E-state index contributed by atoms with van der Waals surface area (Å²) in [4.78, 5) is 12.1. The van der Waals surface area contributed by atoms with E-state index < -0.39 is 5.82 Å². The summed E-state index contributed by atoms with van der Waals surface area (Å²) in [7, 11) is 0. The average molecular weight is 261 g/mol. The van der Waals surface area contributed by atoms with Crippen LogP contribution in [0.2, 0.25) is 0 Å². The van der Waals surface area contributed by atoms with Crippen LogP contribution in [0.5, 0.6) is 0 Å². The monoisotopic (exact) mass is 261 g/mol. The Bertz CT molecular complexity index is 624. The highest BCUT2D eigenvalue weighted by Gasteiger charge is 2.23. The summed E-state index contributed by atoms with van der Waals surface area (Å²) in [5.41, 5.74) is 1.43. The van der Waals surface area contributed by atoms with Gasteiger partial charge in [0.05, 0.1) is 0 Å². The van der Waals surface area contributed by atoms with Crippen molar-refractivity contribution in [3.05, 3.63) is 47.1 Å². The molecule has 1 amide bonds. The van der Waals surface area contributed by atoms with Crippen LogP contribution >= 0.6 is 0 Å². The minimum atomic E-state index is -0.401. The van der Waals surface area contributed by atoms with E-state index >= 15 is 0 Å². The highest BCUT2D eigenvalue weighted by Crippen LogP contribution is 2.19. The van der Waals surface area contributed by atoms with Gasteiger partial charge in [-0.15, -0.1) is 0 Å². The van der Waals surface area contributed by atoms with Crippen molar-refractivity contribution < 1.29 is 13.7 Å². The van der Waals surface area contributed by atoms with Gasteiger partial charge >= 0.3 is 0 Å². The molecule has 0 aliphatic carbocycles. The van der Waals surface area contributed by atoms with Crippen molar-refractivity contribution in [2.24, 2.45) is 0 Å². The van der Waals surface area contributed by atoms with Crippen molar-refractivity contribution in [2.45, 2.75) is 13.0 Å². The topological polar surface area (TPSA) is 67.2 Å². The first kappa shape index (κ1) is 11.9. The highest BCUT2D eigenvalue weighted by molar-refractivity contribution is 6.03. The summed E-state index contributed by atoms with van der Waals surface area (Å²) in [5.74, 6) is -0.0518. The number of amides is 1. The number of rotatable bonds is 2. The second kappa shape index (κ2) is 4.81. The number of nitrogens with zero attached hydrogens (tertiary/aromatic N) is 1. The van der Waals surface area contributed by atoms with Crippen LogP contribution in [0.3, 0.4) is 0 Å². The van der Waals surface area contributed by atoms with Crippen LogP contribution in [0, 0.1) is 5.82 Å². The summed E-state index contributed by atoms with van der Waals surface area (Å²) < 4.78 is 18.2. The molecule has 0 saturated carbocycles. The van der Waals surface area contributed by atoms with Gasteiger partial charge in [-0.3, -0.25) is 4.79 Å². The van der Waals surface area contributed by atoms with Crippen LogP contribution in [0.4, 0.5) is 10.1 Å². The molecule has 1 aliphatic rings. The van der Waals surface area contributed by atoms with Crippen molar-refractivity contribution in [3.8, 4) is 0 Å². The number of fused-ring (bicyclic) bond motifs is 1. The zero-order valence-corrected chi connectivity index (χ0v) is 10.1. The van der Waals surface area contributed by atoms with Gasteiger partial charge in [0.25, 0.3) is 5.91 Å². The number of hydrogen-bond donors (Lipinski definition) is 2. The number of aromatic nitrogens is 1. The molecule has 0 unspecified atom stereocenters. The lowest BCUT2D eigenvalue weighted by atomic mass is 10.1. The summed E-state index contributed by atoms with van der Waals surface area (Å²) in [5, 5.41) is 9.56. The summed E-state index contributed by atoms with van der Waals surface area (Å²) in [6.07, 6.45) is 0.718. The van der Waals surface area contributed by atoms with Crippen molar-refractivity contribution in [2.75, 3.05) is 11.9 Å². The van der Waals surface area contributed by atoms with Crippen LogP contribution < -0.4 is 10.6 Å². The van der Waals surface area contributed by atoms with E-state index in [2.05, 4.69) is 15.8 Å². The second-order valence-corrected chi connectivity index (χ2v) is 4.32. The number of hydrogen-bond acceptors (Lipinski definition) is 4. The van der Waals surface area contributed by atoms with Crippen molar-refractivity contribution >= 4 is 11.6 Å². The third-order valence-corrected chi connectivity index (χ3v) is 3.00. The van der Waals surface area contributed by atoms with Gasteiger partial charge in [-0.1, -0.05) is 11.2 Å². The standard InChI is InChI=1S/C13H12FN3O2/c14-8-2-1-3-9(6-8)16-13(18)12-10-7-15-5-4-11(10)19-17-12/h1-3,6,15H,4-5,7H2,(H,16,18). The molecule has 19 heavy (non-hydrogen) atoms. The molecular weight excluding hydrogens is 249 g/mol. The maximum absolute atomic E-state index is 13.0. The molecule has 2 heterocycles. The van der Waals surface area contributed by atoms with Gasteiger partial charge in [0.1, 0.15) is 11.6 Å². The number of anilines is 1. The Morgan fingerprint density at radius 1 is 1.47 bits per heavy atom. The van der Waals surface area contributed by atoms with E-state index in [4.69, 9.17) is 4.52 Å². The Labute approximate surface area is 108 Å². The first-order valence-corrected chi connectivity index (χ1v) is 5.99. The lowest BCUT2D eigenvalue weighted by molar-refractivity contribution is 0.101. The molecule has 2 aromatic rings. The molecule has 3 rings (SSSR count). The minimum Gasteiger partial charge on any atom is -0.360 e. The minimum absolute atomic E-state index is 0.256. The van der Waals surface area contributed by atoms with Crippen LogP contribution in [0.15, 0.2) is 28.8 Å². The predicted octanol–water partition coefficient (Wildman–Crippen LogP) is 1.71. The Hall–Kier alpha value is -2.21. The number of benzene rings is 1. The van der Waals surface area contributed by atoms with Gasteiger partial charge in [-0.05, 0) is 18.2 Å². The van der Waals surface area contributed by atoms with E-state index in [9.17, 15) is 9.18 Å². The van der Waals surface area contributed by atoms with Crippen molar-refractivity contribution in [1.82, 2.24) is 10.5 Å². The number of carbonyl (C=O) groups excluding carboxylic acids is 1. The number of halogens is 1. The van der Waals surface area contributed by atoms with Gasteiger partial charge < -0.3 is 15.2 Å². The number of carbonyl (C=O) groups is 1. The average Bonchev–Trinajstić information content (AvgIpc) is 2.82. The largest absolute Gasteiger partial charge is 0.360 e. The Balaban J connectivity index is 1.83. The molecule has 0 spiro atoms. The van der Waals surface area contributed by atoms with E-state index in [1.165, 1.54) is 18.2 Å². The van der Waals surface area contributed by atoms with Gasteiger partial charge in [0.15, 0.2) is 5.69 Å². The van der Waals surface area contributed by atoms with Crippen LogP contribution in [0.1, 0.15) is 21.8 Å². The molecule has 0 atom stereocenters. The smallest absolute Gasteiger partial charge is 0.278 e. The van der Waals surface area contributed by atoms with Gasteiger partial charge in [-0.2, -0.15) is 0 Å². The molecular formula is C13H12FN3O2. The fourth-order valence-corrected chi connectivity index (χ4v) is 2.07. The lowest BCUT2D eigenvalue weighted by Crippen LogP contribution is -2.25. The molecule has 2 N–H and O–H groups in total. The summed E-state index contributed by atoms with van der Waals surface area (Å²) in [6.45, 7) is 1.37. The Morgan fingerprint density at radius 3 is 3.21 bits per heavy atom. The van der Waals surface area contributed by atoms with Gasteiger partial charge in [0.2, 0.25) is 0 Å². The fraction of sp³-hybridized carbons (Fsp3) is 0.231. The predicted molar refractivity (Wildman–Crippen MR) is 66.3 cm³/mol. The molecule has 5 nitrogen and oxygen atoms in total. The normalized spacial score (nSPS) is 13.9. The first-order valence-electron chi connectivity index (χ1n) is 5.99. The van der Waals surface area contributed by atoms with Crippen molar-refractivity contribution in [3.63, 3.8) is 0 Å². The van der Waals surface area contributed by atoms with E-state index in [0.29, 0.717) is 12.2 Å². The summed E-state index contributed by atoms with van der Waals surface area (Å²) in [6, 6.07) is 5.72. The van der Waals surface area contributed by atoms with E-state index in [1.54, 1.807) is 6.07 Å². The van der Waals surface area contributed by atoms with Gasteiger partial charge in [-0.25, -0.2) is 4.39 Å². The third-order valence-electron chi connectivity index (χ3n) is 3.00. The molecule has 0 bridgehead atoms. The van der Waals surface area contributed by atoms with Gasteiger partial charge in [0, 0.05) is 30.8 Å². The second-order valence-electron chi connectivity index (χ2n) is 4.32. The highest BCUT2D eigenvalue weighted by atomic mass is 19.1. The molecule has 1 aromatic heterocycles. The first-order chi connectivity index (χ1) is 9.24. The SMILES string of the molecule is O=C(Nc1cccc(F)c1)c1noc2c1CNCC2. The molecule has 0 saturated heterocycles. The van der Waals surface area contributed by atoms with Crippen LogP contribution in [-0.4, -0.2) is 17.6 Å². The quantitative estimate of drug-likeness (QED) is 0.863. The molecule has 0 fully saturated rings. The molecule has 0 radical (unpaired) electrons. The molecule has 6 heteroatoms. The van der Waals surface area contributed by atoms with Crippen LogP contribution in [-0.2, 0) is 13.0 Å². The lowest BCUT2D eigenvalue weighted by Gasteiger charge is -2.11. The maximum atomic E-state index is 13.0. The van der Waals surface area contributed by atoms with E-state index in [1.807, 2.05) is 0 Å². The fourth-order valence-electron chi connectivity index (χ4n) is 2.07. The molecule has 1 aliphatic heterocycles. The van der Waals surface area contributed by atoms with Crippen molar-refractivity contribution in [1.29, 1.82) is 0 Å². The number of nitrogens with one attached hydrogen (secondary N) is 2. The summed E-state index contributed by atoms with van der Waals surface area (Å²) >= 11 is 0. The third kappa shape index (κ3) is 2.34. The zero-order chi connectivity index (χ0) is 13.2. The molecule has 98 valence electrons. The van der Waals surface area contributed by atoms with Crippen LogP contribution in [0.25, 0.3) is 0 Å².